The minimum absolute atomic E-state index is 0.273. The maximum absolute atomic E-state index is 12.5. The fourth-order valence-corrected chi connectivity index (χ4v) is 4.32. The van der Waals surface area contributed by atoms with Gasteiger partial charge in [-0.1, -0.05) is 68.3 Å². The van der Waals surface area contributed by atoms with Crippen molar-refractivity contribution in [2.75, 3.05) is 24.9 Å². The third kappa shape index (κ3) is 7.94. The summed E-state index contributed by atoms with van der Waals surface area (Å²) in [6.45, 7) is 0. The monoisotopic (exact) mass is 660 g/mol. The highest BCUT2D eigenvalue weighted by atomic mass is 79.9. The number of ether oxygens (including phenoxy) is 2. The molecule has 0 saturated heterocycles. The average Bonchev–Trinajstić information content (AvgIpc) is 2.97. The van der Waals surface area contributed by atoms with Crippen molar-refractivity contribution in [1.82, 2.24) is 0 Å². The number of amides is 2. The van der Waals surface area contributed by atoms with Crippen molar-refractivity contribution in [3.63, 3.8) is 0 Å². The lowest BCUT2D eigenvalue weighted by Gasteiger charge is -2.14. The van der Waals surface area contributed by atoms with Crippen LogP contribution in [0.1, 0.15) is 11.1 Å². The van der Waals surface area contributed by atoms with E-state index < -0.39 is 0 Å². The number of anilines is 2. The van der Waals surface area contributed by atoms with E-state index in [0.717, 1.165) is 31.2 Å². The molecule has 2 amide bonds. The van der Waals surface area contributed by atoms with Crippen LogP contribution in [0.4, 0.5) is 11.4 Å². The SMILES string of the molecule is COc1cc(-c2ccc(NC(=O)C=Cc3ccc(Br)cc3)c(OC)c2)ccc1NC(=O)C=Cc1ccc(Br)cc1. The maximum Gasteiger partial charge on any atom is 0.248 e. The van der Waals surface area contributed by atoms with Gasteiger partial charge in [-0.25, -0.2) is 0 Å². The summed E-state index contributed by atoms with van der Waals surface area (Å²) >= 11 is 6.80. The van der Waals surface area contributed by atoms with Crippen LogP contribution in [0.3, 0.4) is 0 Å². The van der Waals surface area contributed by atoms with Gasteiger partial charge in [0, 0.05) is 21.1 Å². The van der Waals surface area contributed by atoms with Gasteiger partial charge in [-0.05, 0) is 82.9 Å². The first-order valence-corrected chi connectivity index (χ1v) is 13.8. The summed E-state index contributed by atoms with van der Waals surface area (Å²) in [5.41, 5.74) is 4.62. The van der Waals surface area contributed by atoms with E-state index in [0.29, 0.717) is 22.9 Å². The minimum atomic E-state index is -0.273. The lowest BCUT2D eigenvalue weighted by Crippen LogP contribution is -2.09. The summed E-state index contributed by atoms with van der Waals surface area (Å²) in [5.74, 6) is 0.476. The molecule has 4 aromatic carbocycles. The molecule has 4 rings (SSSR count). The molecule has 202 valence electrons. The Morgan fingerprint density at radius 2 is 0.975 bits per heavy atom. The number of rotatable bonds is 9. The molecule has 2 N–H and O–H groups in total. The lowest BCUT2D eigenvalue weighted by molar-refractivity contribution is -0.112. The molecule has 0 aliphatic carbocycles. The normalized spacial score (nSPS) is 11.0. The van der Waals surface area contributed by atoms with Gasteiger partial charge in [0.1, 0.15) is 11.5 Å². The third-order valence-corrected chi connectivity index (χ3v) is 6.90. The van der Waals surface area contributed by atoms with E-state index in [2.05, 4.69) is 42.5 Å². The van der Waals surface area contributed by atoms with Crippen molar-refractivity contribution >= 4 is 67.2 Å². The Bertz CT molecular complexity index is 1440. The van der Waals surface area contributed by atoms with Gasteiger partial charge in [0.15, 0.2) is 0 Å². The molecule has 0 aliphatic rings. The van der Waals surface area contributed by atoms with E-state index in [1.54, 1.807) is 38.5 Å². The van der Waals surface area contributed by atoms with Gasteiger partial charge in [0.2, 0.25) is 11.8 Å². The number of hydrogen-bond donors (Lipinski definition) is 2. The van der Waals surface area contributed by atoms with Gasteiger partial charge in [-0.2, -0.15) is 0 Å². The number of methoxy groups -OCH3 is 2. The second-order valence-corrected chi connectivity index (χ2v) is 10.4. The van der Waals surface area contributed by atoms with Crippen molar-refractivity contribution in [1.29, 1.82) is 0 Å². The number of halogens is 2. The molecular formula is C32H26Br2N2O4. The second kappa shape index (κ2) is 13.8. The fourth-order valence-electron chi connectivity index (χ4n) is 3.79. The number of nitrogens with one attached hydrogen (secondary N) is 2. The summed E-state index contributed by atoms with van der Waals surface area (Å²) in [6, 6.07) is 26.3. The van der Waals surface area contributed by atoms with Gasteiger partial charge >= 0.3 is 0 Å². The van der Waals surface area contributed by atoms with E-state index in [-0.39, 0.29) is 11.8 Å². The highest BCUT2D eigenvalue weighted by Crippen LogP contribution is 2.35. The zero-order valence-electron chi connectivity index (χ0n) is 21.8. The highest BCUT2D eigenvalue weighted by molar-refractivity contribution is 9.10. The van der Waals surface area contributed by atoms with Crippen molar-refractivity contribution in [2.24, 2.45) is 0 Å². The minimum Gasteiger partial charge on any atom is -0.495 e. The largest absolute Gasteiger partial charge is 0.495 e. The van der Waals surface area contributed by atoms with Crippen LogP contribution in [0.15, 0.2) is 106 Å². The molecule has 0 radical (unpaired) electrons. The topological polar surface area (TPSA) is 76.7 Å². The summed E-state index contributed by atoms with van der Waals surface area (Å²) < 4.78 is 13.0. The maximum atomic E-state index is 12.5. The van der Waals surface area contributed by atoms with Crippen molar-refractivity contribution in [2.45, 2.75) is 0 Å². The third-order valence-electron chi connectivity index (χ3n) is 5.85. The molecule has 0 bridgehead atoms. The molecule has 0 heterocycles. The van der Waals surface area contributed by atoms with Crippen molar-refractivity contribution in [3.8, 4) is 22.6 Å². The van der Waals surface area contributed by atoms with Crippen molar-refractivity contribution < 1.29 is 19.1 Å². The van der Waals surface area contributed by atoms with Gasteiger partial charge in [0.25, 0.3) is 0 Å². The number of carbonyl (C=O) groups excluding carboxylic acids is 2. The Hall–Kier alpha value is -4.14. The van der Waals surface area contributed by atoms with Crippen LogP contribution in [-0.4, -0.2) is 26.0 Å². The highest BCUT2D eigenvalue weighted by Gasteiger charge is 2.12. The van der Waals surface area contributed by atoms with Crippen LogP contribution in [0.5, 0.6) is 11.5 Å². The van der Waals surface area contributed by atoms with Crippen LogP contribution < -0.4 is 20.1 Å². The number of benzene rings is 4. The summed E-state index contributed by atoms with van der Waals surface area (Å²) in [4.78, 5) is 25.0. The summed E-state index contributed by atoms with van der Waals surface area (Å²) in [6.07, 6.45) is 6.43. The van der Waals surface area contributed by atoms with Gasteiger partial charge in [0.05, 0.1) is 25.6 Å². The quantitative estimate of drug-likeness (QED) is 0.177. The van der Waals surface area contributed by atoms with E-state index in [9.17, 15) is 9.59 Å². The molecule has 0 aromatic heterocycles. The number of hydrogen-bond acceptors (Lipinski definition) is 4. The molecule has 0 spiro atoms. The molecule has 0 aliphatic heterocycles. The standard InChI is InChI=1S/C32H26Br2N2O4/c1-39-29-19-23(9-15-27(29)35-31(37)17-7-21-3-11-25(33)12-4-21)24-10-16-28(30(20-24)40-2)36-32(38)18-8-22-5-13-26(34)14-6-22/h3-20H,1-2H3,(H,35,37)(H,36,38). The fraction of sp³-hybridized carbons (Fsp3) is 0.0625. The van der Waals surface area contributed by atoms with Crippen LogP contribution >= 0.6 is 31.9 Å². The van der Waals surface area contributed by atoms with Crippen LogP contribution in [0.2, 0.25) is 0 Å². The van der Waals surface area contributed by atoms with E-state index in [1.807, 2.05) is 72.8 Å². The Morgan fingerprint density at radius 3 is 1.32 bits per heavy atom. The first-order chi connectivity index (χ1) is 19.3. The Labute approximate surface area is 250 Å². The van der Waals surface area contributed by atoms with E-state index in [1.165, 1.54) is 12.2 Å². The van der Waals surface area contributed by atoms with Gasteiger partial charge in [-0.3, -0.25) is 9.59 Å². The molecule has 4 aromatic rings. The Morgan fingerprint density at radius 1 is 0.600 bits per heavy atom. The smallest absolute Gasteiger partial charge is 0.248 e. The van der Waals surface area contributed by atoms with E-state index in [4.69, 9.17) is 9.47 Å². The van der Waals surface area contributed by atoms with Crippen LogP contribution in [0.25, 0.3) is 23.3 Å². The molecular weight excluding hydrogens is 636 g/mol. The predicted octanol–water partition coefficient (Wildman–Crippen LogP) is 8.20. The first kappa shape index (κ1) is 28.9. The first-order valence-electron chi connectivity index (χ1n) is 12.2. The van der Waals surface area contributed by atoms with Gasteiger partial charge < -0.3 is 20.1 Å². The molecule has 0 saturated carbocycles. The molecule has 40 heavy (non-hydrogen) atoms. The zero-order chi connectivity index (χ0) is 28.5. The number of carbonyl (C=O) groups is 2. The summed E-state index contributed by atoms with van der Waals surface area (Å²) in [7, 11) is 3.10. The Kier molecular flexibility index (Phi) is 9.94. The van der Waals surface area contributed by atoms with Crippen molar-refractivity contribution in [3.05, 3.63) is 117 Å². The summed E-state index contributed by atoms with van der Waals surface area (Å²) in [5, 5.41) is 5.72. The average molecular weight is 662 g/mol. The molecule has 8 heteroatoms. The van der Waals surface area contributed by atoms with Gasteiger partial charge in [-0.15, -0.1) is 0 Å². The second-order valence-electron chi connectivity index (χ2n) is 8.58. The predicted molar refractivity (Wildman–Crippen MR) is 169 cm³/mol. The zero-order valence-corrected chi connectivity index (χ0v) is 25.0. The molecule has 0 fully saturated rings. The van der Waals surface area contributed by atoms with E-state index >= 15 is 0 Å². The Balaban J connectivity index is 1.45. The molecule has 0 unspecified atom stereocenters. The van der Waals surface area contributed by atoms with Crippen LogP contribution in [0, 0.1) is 0 Å². The lowest BCUT2D eigenvalue weighted by atomic mass is 10.0. The molecule has 6 nitrogen and oxygen atoms in total. The molecule has 0 atom stereocenters. The van der Waals surface area contributed by atoms with Crippen LogP contribution in [-0.2, 0) is 9.59 Å².